The van der Waals surface area contributed by atoms with E-state index in [9.17, 15) is 14.4 Å². The molecule has 4 atom stereocenters. The standard InChI is InChI=1S/C11H17NO7/c1-5(13)17-8-4-16-11(12)10(19-7(3)15)9(8)18-6(2)14/h8-11H,4,12H2,1-3H3/t8-,9+,10-,11-/m1/s1. The van der Waals surface area contributed by atoms with Crippen LogP contribution in [0.1, 0.15) is 20.8 Å². The Morgan fingerprint density at radius 2 is 1.42 bits per heavy atom. The van der Waals surface area contributed by atoms with E-state index < -0.39 is 42.4 Å². The summed E-state index contributed by atoms with van der Waals surface area (Å²) in [7, 11) is 0. The van der Waals surface area contributed by atoms with Crippen LogP contribution in [0.3, 0.4) is 0 Å². The molecule has 1 fully saturated rings. The number of ether oxygens (including phenoxy) is 4. The molecule has 8 heteroatoms. The second-order valence-electron chi connectivity index (χ2n) is 4.09. The Kier molecular flexibility index (Phi) is 5.25. The van der Waals surface area contributed by atoms with Crippen LogP contribution in [0.25, 0.3) is 0 Å². The van der Waals surface area contributed by atoms with Crippen LogP contribution in [0, 0.1) is 0 Å². The largest absolute Gasteiger partial charge is 0.456 e. The smallest absolute Gasteiger partial charge is 0.303 e. The number of carbonyl (C=O) groups excluding carboxylic acids is 3. The summed E-state index contributed by atoms with van der Waals surface area (Å²) < 4.78 is 20.1. The molecule has 0 spiro atoms. The molecule has 1 rings (SSSR count). The third-order valence-corrected chi connectivity index (χ3v) is 2.39. The number of nitrogens with two attached hydrogens (primary N) is 1. The van der Waals surface area contributed by atoms with Gasteiger partial charge in [-0.2, -0.15) is 0 Å². The third-order valence-electron chi connectivity index (χ3n) is 2.39. The van der Waals surface area contributed by atoms with E-state index >= 15 is 0 Å². The van der Waals surface area contributed by atoms with Gasteiger partial charge in [0.15, 0.2) is 18.3 Å². The van der Waals surface area contributed by atoms with E-state index in [1.54, 1.807) is 0 Å². The van der Waals surface area contributed by atoms with Gasteiger partial charge in [0.25, 0.3) is 0 Å². The Labute approximate surface area is 110 Å². The lowest BCUT2D eigenvalue weighted by molar-refractivity contribution is -0.224. The highest BCUT2D eigenvalue weighted by atomic mass is 16.6. The molecule has 1 heterocycles. The summed E-state index contributed by atoms with van der Waals surface area (Å²) >= 11 is 0. The van der Waals surface area contributed by atoms with Gasteiger partial charge >= 0.3 is 17.9 Å². The van der Waals surface area contributed by atoms with Crippen LogP contribution in [-0.2, 0) is 33.3 Å². The van der Waals surface area contributed by atoms with E-state index in [1.807, 2.05) is 0 Å². The second-order valence-corrected chi connectivity index (χ2v) is 4.09. The fourth-order valence-electron chi connectivity index (χ4n) is 1.77. The van der Waals surface area contributed by atoms with Gasteiger partial charge < -0.3 is 24.7 Å². The molecule has 0 saturated carbocycles. The SMILES string of the molecule is CC(=O)O[C@@H]1[C@@H](OC(C)=O)[C@H](OC(C)=O)CO[C@H]1N. The average Bonchev–Trinajstić information content (AvgIpc) is 2.25. The Hall–Kier alpha value is -1.67. The van der Waals surface area contributed by atoms with Crippen molar-refractivity contribution >= 4 is 17.9 Å². The lowest BCUT2D eigenvalue weighted by atomic mass is 10.0. The van der Waals surface area contributed by atoms with Gasteiger partial charge in [-0.15, -0.1) is 0 Å². The first-order valence-electron chi connectivity index (χ1n) is 5.70. The molecule has 0 aromatic heterocycles. The number of rotatable bonds is 3. The minimum Gasteiger partial charge on any atom is -0.456 e. The lowest BCUT2D eigenvalue weighted by Gasteiger charge is -2.38. The summed E-state index contributed by atoms with van der Waals surface area (Å²) in [6.45, 7) is 3.54. The number of carbonyl (C=O) groups is 3. The quantitative estimate of drug-likeness (QED) is 0.520. The number of esters is 3. The molecule has 0 aromatic carbocycles. The topological polar surface area (TPSA) is 114 Å². The van der Waals surface area contributed by atoms with Crippen molar-refractivity contribution in [2.45, 2.75) is 45.3 Å². The van der Waals surface area contributed by atoms with Gasteiger partial charge in [0.05, 0.1) is 6.61 Å². The first kappa shape index (κ1) is 15.4. The van der Waals surface area contributed by atoms with Gasteiger partial charge in [0.2, 0.25) is 0 Å². The average molecular weight is 275 g/mol. The van der Waals surface area contributed by atoms with Gasteiger partial charge in [-0.3, -0.25) is 14.4 Å². The van der Waals surface area contributed by atoms with Crippen molar-refractivity contribution in [2.24, 2.45) is 5.73 Å². The highest BCUT2D eigenvalue weighted by Crippen LogP contribution is 2.22. The summed E-state index contributed by atoms with van der Waals surface area (Å²) in [6, 6.07) is 0. The van der Waals surface area contributed by atoms with Crippen molar-refractivity contribution in [3.8, 4) is 0 Å². The molecule has 108 valence electrons. The Morgan fingerprint density at radius 3 is 1.89 bits per heavy atom. The summed E-state index contributed by atoms with van der Waals surface area (Å²) in [5.74, 6) is -1.78. The summed E-state index contributed by atoms with van der Waals surface area (Å²) in [6.07, 6.45) is -3.85. The van der Waals surface area contributed by atoms with Gasteiger partial charge in [0.1, 0.15) is 6.23 Å². The highest BCUT2D eigenvalue weighted by molar-refractivity contribution is 5.68. The van der Waals surface area contributed by atoms with Crippen LogP contribution in [-0.4, -0.2) is 49.1 Å². The third kappa shape index (κ3) is 4.49. The van der Waals surface area contributed by atoms with Crippen LogP contribution in [0.5, 0.6) is 0 Å². The second kappa shape index (κ2) is 6.48. The molecule has 0 bridgehead atoms. The zero-order valence-corrected chi connectivity index (χ0v) is 11.0. The van der Waals surface area contributed by atoms with Crippen molar-refractivity contribution in [1.29, 1.82) is 0 Å². The molecule has 1 aliphatic heterocycles. The molecular formula is C11H17NO7. The molecule has 2 N–H and O–H groups in total. The molecular weight excluding hydrogens is 258 g/mol. The molecule has 0 aromatic rings. The maximum Gasteiger partial charge on any atom is 0.303 e. The molecule has 19 heavy (non-hydrogen) atoms. The zero-order valence-electron chi connectivity index (χ0n) is 11.0. The van der Waals surface area contributed by atoms with E-state index in [1.165, 1.54) is 20.8 Å². The minimum atomic E-state index is -1.03. The van der Waals surface area contributed by atoms with E-state index in [2.05, 4.69) is 0 Å². The zero-order chi connectivity index (χ0) is 14.6. The Morgan fingerprint density at radius 1 is 0.947 bits per heavy atom. The monoisotopic (exact) mass is 275 g/mol. The molecule has 0 radical (unpaired) electrons. The van der Waals surface area contributed by atoms with Gasteiger partial charge in [-0.25, -0.2) is 0 Å². The summed E-state index contributed by atoms with van der Waals surface area (Å²) in [5.41, 5.74) is 5.66. The van der Waals surface area contributed by atoms with Crippen LogP contribution < -0.4 is 5.73 Å². The van der Waals surface area contributed by atoms with E-state index in [4.69, 9.17) is 24.7 Å². The Balaban J connectivity index is 2.89. The molecule has 1 saturated heterocycles. The maximum atomic E-state index is 11.1. The van der Waals surface area contributed by atoms with Crippen molar-refractivity contribution in [1.82, 2.24) is 0 Å². The molecule has 8 nitrogen and oxygen atoms in total. The summed E-state index contributed by atoms with van der Waals surface area (Å²) in [4.78, 5) is 33.1. The fraction of sp³-hybridized carbons (Fsp3) is 0.727. The van der Waals surface area contributed by atoms with Crippen molar-refractivity contribution in [2.75, 3.05) is 6.61 Å². The van der Waals surface area contributed by atoms with Crippen LogP contribution in [0.4, 0.5) is 0 Å². The van der Waals surface area contributed by atoms with Gasteiger partial charge in [-0.1, -0.05) is 0 Å². The molecule has 1 aliphatic rings. The van der Waals surface area contributed by atoms with Gasteiger partial charge in [-0.05, 0) is 0 Å². The molecule has 0 unspecified atom stereocenters. The van der Waals surface area contributed by atoms with Crippen LogP contribution in [0.15, 0.2) is 0 Å². The minimum absolute atomic E-state index is 0.0452. The van der Waals surface area contributed by atoms with E-state index in [0.717, 1.165) is 0 Å². The van der Waals surface area contributed by atoms with Crippen LogP contribution in [0.2, 0.25) is 0 Å². The molecule has 0 aliphatic carbocycles. The Bertz CT molecular complexity index is 370. The van der Waals surface area contributed by atoms with Gasteiger partial charge in [0, 0.05) is 20.8 Å². The molecule has 0 amide bonds. The fourth-order valence-corrected chi connectivity index (χ4v) is 1.77. The summed E-state index contributed by atoms with van der Waals surface area (Å²) in [5, 5.41) is 0. The first-order chi connectivity index (χ1) is 8.81. The lowest BCUT2D eigenvalue weighted by Crippen LogP contribution is -2.60. The predicted octanol–water partition coefficient (Wildman–Crippen LogP) is -0.903. The first-order valence-corrected chi connectivity index (χ1v) is 5.70. The maximum absolute atomic E-state index is 11.1. The van der Waals surface area contributed by atoms with Crippen LogP contribution >= 0.6 is 0 Å². The highest BCUT2D eigenvalue weighted by Gasteiger charge is 2.45. The van der Waals surface area contributed by atoms with E-state index in [0.29, 0.717) is 0 Å². The van der Waals surface area contributed by atoms with Crippen molar-refractivity contribution < 1.29 is 33.3 Å². The van der Waals surface area contributed by atoms with E-state index in [-0.39, 0.29) is 6.61 Å². The van der Waals surface area contributed by atoms with Crippen molar-refractivity contribution in [3.63, 3.8) is 0 Å². The predicted molar refractivity (Wildman–Crippen MR) is 60.6 cm³/mol. The number of hydrogen-bond acceptors (Lipinski definition) is 8. The van der Waals surface area contributed by atoms with Crippen molar-refractivity contribution in [3.05, 3.63) is 0 Å². The normalized spacial score (nSPS) is 30.3. The number of hydrogen-bond donors (Lipinski definition) is 1.